The highest BCUT2D eigenvalue weighted by Crippen LogP contribution is 2.54. The van der Waals surface area contributed by atoms with Gasteiger partial charge in [-0.25, -0.2) is 0 Å². The highest BCUT2D eigenvalue weighted by Gasteiger charge is 2.71. The first-order valence-electron chi connectivity index (χ1n) is 11.4. The first-order valence-corrected chi connectivity index (χ1v) is 11.4. The van der Waals surface area contributed by atoms with E-state index in [1.165, 1.54) is 4.90 Å². The molecule has 0 aliphatic carbocycles. The second-order valence-corrected chi connectivity index (χ2v) is 9.65. The number of likely N-dealkylation sites (N-methyl/N-ethyl adjacent to an activating group) is 1. The number of amides is 3. The Morgan fingerprint density at radius 3 is 2.52 bits per heavy atom. The first-order chi connectivity index (χ1) is 15.9. The van der Waals surface area contributed by atoms with E-state index in [-0.39, 0.29) is 29.8 Å². The molecule has 1 spiro atoms. The van der Waals surface area contributed by atoms with Crippen molar-refractivity contribution in [3.63, 3.8) is 0 Å². The Morgan fingerprint density at radius 1 is 1.00 bits per heavy atom. The fourth-order valence-electron chi connectivity index (χ4n) is 6.30. The molecule has 3 aliphatic heterocycles. The topological polar surface area (TPSA) is 85.5 Å². The largest absolute Gasteiger partial charge is 0.361 e. The number of H-pyrrole nitrogens is 1. The quantitative estimate of drug-likeness (QED) is 0.611. The number of hydrogen-bond donors (Lipinski definition) is 2. The van der Waals surface area contributed by atoms with Crippen LogP contribution in [-0.4, -0.2) is 46.7 Å². The van der Waals surface area contributed by atoms with Crippen molar-refractivity contribution in [1.82, 2.24) is 15.2 Å². The van der Waals surface area contributed by atoms with Crippen LogP contribution in [0.15, 0.2) is 54.7 Å². The molecule has 6 rings (SSSR count). The highest BCUT2D eigenvalue weighted by molar-refractivity contribution is 6.16. The van der Waals surface area contributed by atoms with Gasteiger partial charge in [0.05, 0.1) is 11.8 Å². The van der Waals surface area contributed by atoms with Gasteiger partial charge >= 0.3 is 0 Å². The molecule has 3 aromatic rings. The van der Waals surface area contributed by atoms with Gasteiger partial charge < -0.3 is 9.88 Å². The van der Waals surface area contributed by atoms with E-state index in [9.17, 15) is 14.4 Å². The lowest BCUT2D eigenvalue weighted by Crippen LogP contribution is -2.55. The van der Waals surface area contributed by atoms with Crippen LogP contribution in [0.4, 0.5) is 5.69 Å². The zero-order valence-electron chi connectivity index (χ0n) is 18.8. The molecular formula is C26H26N4O3. The number of anilines is 1. The number of para-hydroxylation sites is 2. The average Bonchev–Trinajstić information content (AvgIpc) is 3.49. The summed E-state index contributed by atoms with van der Waals surface area (Å²) in [7, 11) is 1.74. The fraction of sp³-hybridized carbons (Fsp3) is 0.346. The maximum Gasteiger partial charge on any atom is 0.252 e. The number of imide groups is 1. The summed E-state index contributed by atoms with van der Waals surface area (Å²) in [6, 6.07) is 15.0. The van der Waals surface area contributed by atoms with Gasteiger partial charge in [0, 0.05) is 47.5 Å². The van der Waals surface area contributed by atoms with Crippen molar-refractivity contribution in [2.45, 2.75) is 37.9 Å². The Hall–Kier alpha value is -3.45. The number of likely N-dealkylation sites (tertiary alicyclic amines) is 1. The molecule has 2 saturated heterocycles. The van der Waals surface area contributed by atoms with E-state index in [2.05, 4.69) is 16.4 Å². The molecule has 4 atom stereocenters. The number of rotatable bonds is 3. The zero-order valence-corrected chi connectivity index (χ0v) is 18.8. The van der Waals surface area contributed by atoms with Crippen molar-refractivity contribution in [2.75, 3.05) is 11.9 Å². The van der Waals surface area contributed by atoms with Crippen molar-refractivity contribution >= 4 is 34.3 Å². The molecule has 168 valence electrons. The summed E-state index contributed by atoms with van der Waals surface area (Å²) in [6.07, 6.45) is 2.50. The molecule has 7 nitrogen and oxygen atoms in total. The molecule has 2 fully saturated rings. The molecule has 7 heteroatoms. The third-order valence-electron chi connectivity index (χ3n) is 7.66. The van der Waals surface area contributed by atoms with Gasteiger partial charge in [0.1, 0.15) is 5.54 Å². The van der Waals surface area contributed by atoms with Crippen LogP contribution in [0.3, 0.4) is 0 Å². The van der Waals surface area contributed by atoms with Crippen LogP contribution in [0, 0.1) is 11.8 Å². The Bertz CT molecular complexity index is 1330. The minimum Gasteiger partial charge on any atom is -0.361 e. The predicted molar refractivity (Wildman–Crippen MR) is 124 cm³/mol. The van der Waals surface area contributed by atoms with Gasteiger partial charge in [-0.15, -0.1) is 0 Å². The van der Waals surface area contributed by atoms with Gasteiger partial charge in [-0.1, -0.05) is 36.4 Å². The van der Waals surface area contributed by atoms with Gasteiger partial charge in [-0.05, 0) is 38.0 Å². The summed E-state index contributed by atoms with van der Waals surface area (Å²) in [5.74, 6) is -1.98. The Morgan fingerprint density at radius 2 is 1.73 bits per heavy atom. The molecule has 2 N–H and O–H groups in total. The summed E-state index contributed by atoms with van der Waals surface area (Å²) < 4.78 is 0. The number of nitrogens with one attached hydrogen (secondary N) is 2. The van der Waals surface area contributed by atoms with Gasteiger partial charge in [0.15, 0.2) is 0 Å². The lowest BCUT2D eigenvalue weighted by molar-refractivity contribution is -0.144. The first kappa shape index (κ1) is 20.2. The van der Waals surface area contributed by atoms with Crippen molar-refractivity contribution in [2.24, 2.45) is 11.8 Å². The molecular weight excluding hydrogens is 416 g/mol. The number of carbonyl (C=O) groups is 3. The Labute approximate surface area is 191 Å². The third kappa shape index (κ3) is 2.45. The SMILES string of the molecule is CC(C)N1C(=O)[C@@H]2[C@H](Cc3c[nH]c4ccccc34)N[C@@]3(C(=O)N(C)c4ccccc43)[C@@H]2C1=O. The monoisotopic (exact) mass is 442 g/mol. The molecule has 0 radical (unpaired) electrons. The van der Waals surface area contributed by atoms with Crippen LogP contribution < -0.4 is 10.2 Å². The molecule has 4 heterocycles. The summed E-state index contributed by atoms with van der Waals surface area (Å²) in [6.45, 7) is 3.70. The van der Waals surface area contributed by atoms with Crippen LogP contribution >= 0.6 is 0 Å². The van der Waals surface area contributed by atoms with Crippen LogP contribution in [0.5, 0.6) is 0 Å². The number of aromatic nitrogens is 1. The van der Waals surface area contributed by atoms with Gasteiger partial charge in [0.2, 0.25) is 11.8 Å². The molecule has 0 bridgehead atoms. The summed E-state index contributed by atoms with van der Waals surface area (Å²) in [5.41, 5.74) is 2.42. The van der Waals surface area contributed by atoms with E-state index in [1.54, 1.807) is 11.9 Å². The lowest BCUT2D eigenvalue weighted by atomic mass is 9.76. The average molecular weight is 443 g/mol. The van der Waals surface area contributed by atoms with E-state index < -0.39 is 17.4 Å². The van der Waals surface area contributed by atoms with Gasteiger partial charge in [-0.2, -0.15) is 0 Å². The van der Waals surface area contributed by atoms with E-state index >= 15 is 0 Å². The number of hydrogen-bond acceptors (Lipinski definition) is 4. The predicted octanol–water partition coefficient (Wildman–Crippen LogP) is 2.56. The smallest absolute Gasteiger partial charge is 0.252 e. The maximum absolute atomic E-state index is 13.8. The van der Waals surface area contributed by atoms with Crippen LogP contribution in [0.1, 0.15) is 25.0 Å². The fourth-order valence-corrected chi connectivity index (χ4v) is 6.30. The van der Waals surface area contributed by atoms with Gasteiger partial charge in [-0.3, -0.25) is 24.6 Å². The number of carbonyl (C=O) groups excluding carboxylic acids is 3. The minimum atomic E-state index is -1.23. The Balaban J connectivity index is 1.51. The highest BCUT2D eigenvalue weighted by atomic mass is 16.2. The normalized spacial score (nSPS) is 28.6. The van der Waals surface area contributed by atoms with Crippen molar-refractivity contribution in [3.8, 4) is 0 Å². The maximum atomic E-state index is 13.8. The zero-order chi connectivity index (χ0) is 23.1. The van der Waals surface area contributed by atoms with Crippen LogP contribution in [-0.2, 0) is 26.3 Å². The van der Waals surface area contributed by atoms with E-state index in [0.29, 0.717) is 6.42 Å². The number of aromatic amines is 1. The molecule has 0 saturated carbocycles. The van der Waals surface area contributed by atoms with E-state index in [1.807, 2.05) is 62.5 Å². The lowest BCUT2D eigenvalue weighted by Gasteiger charge is -2.31. The molecule has 2 aromatic carbocycles. The van der Waals surface area contributed by atoms with Crippen LogP contribution in [0.2, 0.25) is 0 Å². The minimum absolute atomic E-state index is 0.174. The summed E-state index contributed by atoms with van der Waals surface area (Å²) in [4.78, 5) is 47.4. The van der Waals surface area contributed by atoms with E-state index in [4.69, 9.17) is 0 Å². The van der Waals surface area contributed by atoms with Crippen molar-refractivity contribution < 1.29 is 14.4 Å². The number of benzene rings is 2. The standard InChI is InChI=1S/C26H26N4O3/c1-14(2)30-23(31)21-19(12-15-13-27-18-10-6-4-8-16(15)18)28-26(22(21)24(30)32)17-9-5-7-11-20(17)29(3)25(26)33/h4-11,13-14,19,21-22,27-28H,12H2,1-3H3/t19-,21+,22-,26+/m0/s1. The molecule has 33 heavy (non-hydrogen) atoms. The second-order valence-electron chi connectivity index (χ2n) is 9.65. The third-order valence-corrected chi connectivity index (χ3v) is 7.66. The number of fused-ring (bicyclic) bond motifs is 5. The molecule has 0 unspecified atom stereocenters. The molecule has 3 amide bonds. The number of nitrogens with zero attached hydrogens (tertiary/aromatic N) is 2. The summed E-state index contributed by atoms with van der Waals surface area (Å²) in [5, 5.41) is 4.64. The summed E-state index contributed by atoms with van der Waals surface area (Å²) >= 11 is 0. The Kier molecular flexibility index (Phi) is 4.14. The second kappa shape index (κ2) is 6.78. The molecule has 1 aromatic heterocycles. The van der Waals surface area contributed by atoms with E-state index in [0.717, 1.165) is 27.7 Å². The van der Waals surface area contributed by atoms with Crippen LogP contribution in [0.25, 0.3) is 10.9 Å². The van der Waals surface area contributed by atoms with Crippen molar-refractivity contribution in [3.05, 3.63) is 65.9 Å². The van der Waals surface area contributed by atoms with Crippen molar-refractivity contribution in [1.29, 1.82) is 0 Å². The molecule has 3 aliphatic rings. The van der Waals surface area contributed by atoms with Gasteiger partial charge in [0.25, 0.3) is 5.91 Å².